The van der Waals surface area contributed by atoms with Crippen LogP contribution >= 0.6 is 0 Å². The second kappa shape index (κ2) is 4.06. The predicted molar refractivity (Wildman–Crippen MR) is 53.4 cm³/mol. The van der Waals surface area contributed by atoms with Gasteiger partial charge in [-0.2, -0.15) is 5.26 Å². The average Bonchev–Trinajstić information content (AvgIpc) is 2.52. The molecule has 86 valence electrons. The number of hydrogen-bond acceptors (Lipinski definition) is 5. The highest BCUT2D eigenvalue weighted by Gasteiger charge is 2.39. The van der Waals surface area contributed by atoms with Gasteiger partial charge in [0.25, 0.3) is 0 Å². The number of nitrogens with zero attached hydrogens (tertiary/aromatic N) is 1. The van der Waals surface area contributed by atoms with Gasteiger partial charge in [-0.3, -0.25) is 4.79 Å². The van der Waals surface area contributed by atoms with Crippen molar-refractivity contribution in [1.82, 2.24) is 4.98 Å². The lowest BCUT2D eigenvalue weighted by Gasteiger charge is -2.24. The molecule has 0 radical (unpaired) electrons. The Labute approximate surface area is 91.8 Å². The van der Waals surface area contributed by atoms with Crippen molar-refractivity contribution >= 4 is 6.29 Å². The minimum Gasteiger partial charge on any atom is -0.373 e. The predicted octanol–water partition coefficient (Wildman–Crippen LogP) is -0.534. The molecule has 1 rings (SSSR count). The molecule has 0 saturated carbocycles. The summed E-state index contributed by atoms with van der Waals surface area (Å²) in [5.41, 5.74) is 0.750. The van der Waals surface area contributed by atoms with Gasteiger partial charge in [-0.1, -0.05) is 0 Å². The molecule has 0 aliphatic rings. The minimum atomic E-state index is -2.69. The van der Waals surface area contributed by atoms with E-state index in [1.165, 1.54) is 19.9 Å². The summed E-state index contributed by atoms with van der Waals surface area (Å²) in [7, 11) is 0. The van der Waals surface area contributed by atoms with E-state index in [1.54, 1.807) is 0 Å². The number of nitriles is 1. The maximum Gasteiger partial charge on any atom is 0.232 e. The Morgan fingerprint density at radius 2 is 2.06 bits per heavy atom. The highest BCUT2D eigenvalue weighted by atomic mass is 16.5. The van der Waals surface area contributed by atoms with E-state index in [-0.39, 0.29) is 11.3 Å². The molecule has 1 aromatic heterocycles. The molecule has 0 aromatic carbocycles. The van der Waals surface area contributed by atoms with E-state index in [0.717, 1.165) is 0 Å². The second-order valence-corrected chi connectivity index (χ2v) is 3.54. The van der Waals surface area contributed by atoms with Crippen molar-refractivity contribution in [2.24, 2.45) is 0 Å². The van der Waals surface area contributed by atoms with Crippen molar-refractivity contribution in [3.05, 3.63) is 22.5 Å². The van der Waals surface area contributed by atoms with Crippen LogP contribution in [0.5, 0.6) is 0 Å². The third-order valence-corrected chi connectivity index (χ3v) is 2.47. The molecule has 1 aromatic rings. The summed E-state index contributed by atoms with van der Waals surface area (Å²) in [5, 5.41) is 37.0. The summed E-state index contributed by atoms with van der Waals surface area (Å²) in [4.78, 5) is 13.3. The Morgan fingerprint density at radius 3 is 2.44 bits per heavy atom. The number of aliphatic hydroxyl groups excluding tert-OH is 1. The van der Waals surface area contributed by atoms with Crippen LogP contribution < -0.4 is 0 Å². The number of aryl methyl sites for hydroxylation is 1. The average molecular weight is 224 g/mol. The van der Waals surface area contributed by atoms with Gasteiger partial charge in [-0.05, 0) is 19.4 Å². The van der Waals surface area contributed by atoms with Gasteiger partial charge in [0.2, 0.25) is 5.79 Å². The largest absolute Gasteiger partial charge is 0.373 e. The molecule has 4 N–H and O–H groups in total. The Morgan fingerprint density at radius 1 is 1.50 bits per heavy atom. The smallest absolute Gasteiger partial charge is 0.232 e. The van der Waals surface area contributed by atoms with E-state index in [2.05, 4.69) is 4.98 Å². The van der Waals surface area contributed by atoms with Crippen LogP contribution in [-0.2, 0) is 5.79 Å². The molecule has 0 saturated heterocycles. The molecule has 0 aliphatic carbocycles. The highest BCUT2D eigenvalue weighted by molar-refractivity contribution is 5.76. The van der Waals surface area contributed by atoms with Gasteiger partial charge in [-0.15, -0.1) is 0 Å². The maximum atomic E-state index is 10.6. The molecule has 6 heteroatoms. The van der Waals surface area contributed by atoms with E-state index in [4.69, 9.17) is 5.26 Å². The molecule has 1 heterocycles. The number of nitrogens with one attached hydrogen (secondary N) is 1. The first-order valence-corrected chi connectivity index (χ1v) is 4.53. The van der Waals surface area contributed by atoms with Crippen LogP contribution in [-0.4, -0.2) is 32.7 Å². The van der Waals surface area contributed by atoms with Crippen LogP contribution in [0.25, 0.3) is 0 Å². The van der Waals surface area contributed by atoms with Crippen molar-refractivity contribution in [3.63, 3.8) is 0 Å². The van der Waals surface area contributed by atoms with E-state index >= 15 is 0 Å². The van der Waals surface area contributed by atoms with Gasteiger partial charge in [0.1, 0.15) is 6.07 Å². The normalized spacial score (nSPS) is 13.2. The summed E-state index contributed by atoms with van der Waals surface area (Å²) in [5.74, 6) is -2.69. The van der Waals surface area contributed by atoms with Crippen LogP contribution in [0.3, 0.4) is 0 Å². The van der Waals surface area contributed by atoms with Crippen LogP contribution in [0.2, 0.25) is 0 Å². The summed E-state index contributed by atoms with van der Waals surface area (Å²) in [6, 6.07) is 1.34. The fraction of sp³-hybridized carbons (Fsp3) is 0.400. The Kier molecular flexibility index (Phi) is 3.14. The van der Waals surface area contributed by atoms with E-state index in [1.807, 2.05) is 0 Å². The molecule has 0 bridgehead atoms. The van der Waals surface area contributed by atoms with E-state index < -0.39 is 11.9 Å². The van der Waals surface area contributed by atoms with Gasteiger partial charge in [0, 0.05) is 11.3 Å². The molecule has 0 spiro atoms. The topological polar surface area (TPSA) is 117 Å². The monoisotopic (exact) mass is 224 g/mol. The standard InChI is InChI=1S/C10H12N2O4/c1-5-7(4-13)12-6(2)9(5)10(15,16)8(14)3-11/h4,8,12,14-16H,1-2H3. The zero-order valence-electron chi connectivity index (χ0n) is 8.85. The summed E-state index contributed by atoms with van der Waals surface area (Å²) < 4.78 is 0. The first-order valence-electron chi connectivity index (χ1n) is 4.53. The number of aromatic amines is 1. The van der Waals surface area contributed by atoms with Crippen LogP contribution in [0.1, 0.15) is 27.3 Å². The minimum absolute atomic E-state index is 0.0522. The van der Waals surface area contributed by atoms with E-state index in [9.17, 15) is 20.1 Å². The summed E-state index contributed by atoms with van der Waals surface area (Å²) in [6.45, 7) is 3.01. The molecule has 6 nitrogen and oxygen atoms in total. The molecule has 1 atom stereocenters. The Balaban J connectivity index is 3.39. The molecule has 0 fully saturated rings. The number of carbonyl (C=O) groups is 1. The third kappa shape index (κ3) is 1.72. The molecule has 1 unspecified atom stereocenters. The van der Waals surface area contributed by atoms with Gasteiger partial charge in [0.15, 0.2) is 12.4 Å². The third-order valence-electron chi connectivity index (χ3n) is 2.47. The first kappa shape index (κ1) is 12.4. The van der Waals surface area contributed by atoms with Crippen molar-refractivity contribution < 1.29 is 20.1 Å². The fourth-order valence-electron chi connectivity index (χ4n) is 1.67. The van der Waals surface area contributed by atoms with Crippen molar-refractivity contribution in [2.75, 3.05) is 0 Å². The van der Waals surface area contributed by atoms with Gasteiger partial charge < -0.3 is 20.3 Å². The summed E-state index contributed by atoms with van der Waals surface area (Å²) in [6.07, 6.45) is -1.46. The molecule has 0 aliphatic heterocycles. The number of aliphatic hydroxyl groups is 3. The number of aromatic nitrogens is 1. The highest BCUT2D eigenvalue weighted by Crippen LogP contribution is 2.29. The van der Waals surface area contributed by atoms with E-state index in [0.29, 0.717) is 17.5 Å². The lowest BCUT2D eigenvalue weighted by Crippen LogP contribution is -2.39. The van der Waals surface area contributed by atoms with Crippen LogP contribution in [0, 0.1) is 25.2 Å². The van der Waals surface area contributed by atoms with Gasteiger partial charge in [0.05, 0.1) is 5.69 Å². The first-order chi connectivity index (χ1) is 7.36. The second-order valence-electron chi connectivity index (χ2n) is 3.54. The Hall–Kier alpha value is -1.68. The number of aldehydes is 1. The Bertz CT molecular complexity index is 456. The summed E-state index contributed by atoms with van der Waals surface area (Å²) >= 11 is 0. The number of rotatable bonds is 3. The SMILES string of the molecule is Cc1[nH]c(C=O)c(C)c1C(O)(O)C(O)C#N. The van der Waals surface area contributed by atoms with Crippen molar-refractivity contribution in [1.29, 1.82) is 5.26 Å². The number of carbonyl (C=O) groups excluding carboxylic acids is 1. The fourth-order valence-corrected chi connectivity index (χ4v) is 1.67. The maximum absolute atomic E-state index is 10.6. The molecule has 0 amide bonds. The number of H-pyrrole nitrogens is 1. The molecular weight excluding hydrogens is 212 g/mol. The van der Waals surface area contributed by atoms with Crippen LogP contribution in [0.4, 0.5) is 0 Å². The number of hydrogen-bond donors (Lipinski definition) is 4. The molecule has 16 heavy (non-hydrogen) atoms. The van der Waals surface area contributed by atoms with Gasteiger partial charge >= 0.3 is 0 Å². The quantitative estimate of drug-likeness (QED) is 0.312. The zero-order valence-corrected chi connectivity index (χ0v) is 8.85. The zero-order chi connectivity index (χ0) is 12.5. The van der Waals surface area contributed by atoms with Gasteiger partial charge in [-0.25, -0.2) is 0 Å². The lowest BCUT2D eigenvalue weighted by atomic mass is 9.97. The lowest BCUT2D eigenvalue weighted by molar-refractivity contribution is -0.218. The van der Waals surface area contributed by atoms with Crippen molar-refractivity contribution in [3.8, 4) is 6.07 Å². The van der Waals surface area contributed by atoms with Crippen LogP contribution in [0.15, 0.2) is 0 Å². The van der Waals surface area contributed by atoms with Crippen molar-refractivity contribution in [2.45, 2.75) is 25.7 Å². The molecular formula is C10H12N2O4.